The Morgan fingerprint density at radius 3 is 2.48 bits per heavy atom. The van der Waals surface area contributed by atoms with E-state index in [1.54, 1.807) is 0 Å². The van der Waals surface area contributed by atoms with Gasteiger partial charge in [0.05, 0.1) is 13.0 Å². The van der Waals surface area contributed by atoms with E-state index in [4.69, 9.17) is 4.74 Å². The van der Waals surface area contributed by atoms with E-state index in [2.05, 4.69) is 13.8 Å². The highest BCUT2D eigenvalue weighted by atomic mass is 32.2. The first-order valence-corrected chi connectivity index (χ1v) is 9.44. The van der Waals surface area contributed by atoms with Gasteiger partial charge in [0.15, 0.2) is 0 Å². The second kappa shape index (κ2) is 11.3. The normalized spacial score (nSPS) is 12.0. The van der Waals surface area contributed by atoms with Crippen LogP contribution in [0.5, 0.6) is 0 Å². The van der Waals surface area contributed by atoms with Gasteiger partial charge in [-0.2, -0.15) is 0 Å². The molecule has 1 aromatic carbocycles. The molecule has 128 valence electrons. The highest BCUT2D eigenvalue weighted by Gasteiger charge is 2.12. The van der Waals surface area contributed by atoms with Crippen molar-refractivity contribution in [2.24, 2.45) is 5.92 Å². The Hall–Kier alpha value is -1.29. The summed E-state index contributed by atoms with van der Waals surface area (Å²) < 4.78 is 5.33. The molecule has 0 amide bonds. The minimum Gasteiger partial charge on any atom is -0.465 e. The number of esters is 1. The van der Waals surface area contributed by atoms with E-state index in [1.807, 2.05) is 31.2 Å². The molecule has 23 heavy (non-hydrogen) atoms. The van der Waals surface area contributed by atoms with Crippen LogP contribution < -0.4 is 0 Å². The van der Waals surface area contributed by atoms with Gasteiger partial charge >= 0.3 is 5.97 Å². The Labute approximate surface area is 144 Å². The number of unbranched alkanes of at least 4 members (excludes halogenated alkanes) is 1. The molecule has 4 heteroatoms. The summed E-state index contributed by atoms with van der Waals surface area (Å²) in [6.45, 7) is 6.79. The Morgan fingerprint density at radius 1 is 1.17 bits per heavy atom. The minimum absolute atomic E-state index is 0.00665. The van der Waals surface area contributed by atoms with Gasteiger partial charge in [-0.25, -0.2) is 0 Å². The van der Waals surface area contributed by atoms with Gasteiger partial charge < -0.3 is 4.74 Å². The van der Waals surface area contributed by atoms with Crippen molar-refractivity contribution in [1.29, 1.82) is 0 Å². The lowest BCUT2D eigenvalue weighted by atomic mass is 10.0. The number of ether oxygens (including phenoxy) is 1. The number of carbonyl (C=O) groups is 2. The van der Waals surface area contributed by atoms with E-state index in [-0.39, 0.29) is 17.5 Å². The molecule has 0 saturated heterocycles. The number of thioether (sulfide) groups is 1. The van der Waals surface area contributed by atoms with Crippen molar-refractivity contribution in [2.75, 3.05) is 12.4 Å². The predicted octanol–water partition coefficient (Wildman–Crippen LogP) is 5.02. The van der Waals surface area contributed by atoms with Crippen molar-refractivity contribution >= 4 is 22.8 Å². The zero-order valence-corrected chi connectivity index (χ0v) is 15.3. The van der Waals surface area contributed by atoms with E-state index in [0.29, 0.717) is 23.8 Å². The molecular formula is C19H28O3S. The summed E-state index contributed by atoms with van der Waals surface area (Å²) >= 11 is 1.18. The molecule has 1 unspecified atom stereocenters. The van der Waals surface area contributed by atoms with Crippen molar-refractivity contribution in [1.82, 2.24) is 0 Å². The monoisotopic (exact) mass is 336 g/mol. The third-order valence-electron chi connectivity index (χ3n) is 3.85. The fourth-order valence-corrected chi connectivity index (χ4v) is 2.94. The van der Waals surface area contributed by atoms with Crippen molar-refractivity contribution in [2.45, 2.75) is 52.9 Å². The van der Waals surface area contributed by atoms with Crippen LogP contribution in [0.25, 0.3) is 0 Å². The number of hydrogen-bond acceptors (Lipinski definition) is 4. The van der Waals surface area contributed by atoms with Crippen molar-refractivity contribution < 1.29 is 14.3 Å². The zero-order valence-electron chi connectivity index (χ0n) is 14.5. The first-order valence-electron chi connectivity index (χ1n) is 8.46. The second-order valence-corrected chi connectivity index (χ2v) is 6.92. The van der Waals surface area contributed by atoms with Crippen LogP contribution in [0, 0.1) is 12.8 Å². The predicted molar refractivity (Wildman–Crippen MR) is 96.8 cm³/mol. The molecule has 0 aliphatic rings. The van der Waals surface area contributed by atoms with Crippen LogP contribution in [0.2, 0.25) is 0 Å². The van der Waals surface area contributed by atoms with Crippen LogP contribution in [-0.4, -0.2) is 23.4 Å². The molecular weight excluding hydrogens is 308 g/mol. The fourth-order valence-electron chi connectivity index (χ4n) is 2.18. The van der Waals surface area contributed by atoms with Crippen LogP contribution in [0.1, 0.15) is 61.9 Å². The summed E-state index contributed by atoms with van der Waals surface area (Å²) in [6.07, 6.45) is 4.78. The molecule has 0 bridgehead atoms. The van der Waals surface area contributed by atoms with E-state index in [1.165, 1.54) is 24.6 Å². The molecule has 0 aliphatic heterocycles. The van der Waals surface area contributed by atoms with Gasteiger partial charge in [-0.3, -0.25) is 9.59 Å². The number of aryl methyl sites for hydroxylation is 1. The Morgan fingerprint density at radius 2 is 1.87 bits per heavy atom. The quantitative estimate of drug-likeness (QED) is 0.563. The zero-order chi connectivity index (χ0) is 17.1. The molecule has 0 aliphatic carbocycles. The lowest BCUT2D eigenvalue weighted by molar-refractivity contribution is -0.144. The molecule has 0 aromatic heterocycles. The summed E-state index contributed by atoms with van der Waals surface area (Å²) in [4.78, 5) is 23.7. The molecule has 0 saturated carbocycles. The van der Waals surface area contributed by atoms with Gasteiger partial charge in [-0.05, 0) is 19.3 Å². The molecule has 0 fully saturated rings. The lowest BCUT2D eigenvalue weighted by Crippen LogP contribution is -2.14. The van der Waals surface area contributed by atoms with Crippen LogP contribution in [0.15, 0.2) is 24.3 Å². The van der Waals surface area contributed by atoms with Crippen molar-refractivity contribution in [3.05, 3.63) is 35.4 Å². The Bertz CT molecular complexity index is 482. The fraction of sp³-hybridized carbons (Fsp3) is 0.579. The third-order valence-corrected chi connectivity index (χ3v) is 4.76. The SMILES string of the molecule is CCCCC(CC)COC(=O)CCSC(=O)c1ccc(C)cc1. The number of rotatable bonds is 10. The van der Waals surface area contributed by atoms with Gasteiger partial charge in [0.25, 0.3) is 0 Å². The smallest absolute Gasteiger partial charge is 0.306 e. The molecule has 1 rings (SSSR count). The summed E-state index contributed by atoms with van der Waals surface area (Å²) in [5.41, 5.74) is 1.81. The number of benzene rings is 1. The number of carbonyl (C=O) groups excluding carboxylic acids is 2. The minimum atomic E-state index is -0.204. The summed E-state index contributed by atoms with van der Waals surface area (Å²) in [5, 5.41) is 0.00665. The van der Waals surface area contributed by atoms with Crippen molar-refractivity contribution in [3.8, 4) is 0 Å². The van der Waals surface area contributed by atoms with Crippen LogP contribution >= 0.6 is 11.8 Å². The highest BCUT2D eigenvalue weighted by molar-refractivity contribution is 8.14. The summed E-state index contributed by atoms with van der Waals surface area (Å²) in [5.74, 6) is 0.724. The largest absolute Gasteiger partial charge is 0.465 e. The van der Waals surface area contributed by atoms with E-state index in [9.17, 15) is 9.59 Å². The molecule has 0 radical (unpaired) electrons. The van der Waals surface area contributed by atoms with E-state index in [0.717, 1.165) is 18.4 Å². The van der Waals surface area contributed by atoms with Crippen LogP contribution in [0.4, 0.5) is 0 Å². The van der Waals surface area contributed by atoms with Gasteiger partial charge in [0, 0.05) is 11.3 Å². The second-order valence-electron chi connectivity index (χ2n) is 5.85. The Kier molecular flexibility index (Phi) is 9.69. The average molecular weight is 336 g/mol. The van der Waals surface area contributed by atoms with Crippen molar-refractivity contribution in [3.63, 3.8) is 0 Å². The highest BCUT2D eigenvalue weighted by Crippen LogP contribution is 2.16. The first-order chi connectivity index (χ1) is 11.1. The van der Waals surface area contributed by atoms with Crippen LogP contribution in [-0.2, 0) is 9.53 Å². The maximum atomic E-state index is 12.0. The molecule has 1 aromatic rings. The molecule has 0 spiro atoms. The maximum Gasteiger partial charge on any atom is 0.306 e. The number of hydrogen-bond donors (Lipinski definition) is 0. The van der Waals surface area contributed by atoms with E-state index < -0.39 is 0 Å². The Balaban J connectivity index is 2.22. The first kappa shape index (κ1) is 19.8. The summed E-state index contributed by atoms with van der Waals surface area (Å²) in [7, 11) is 0. The topological polar surface area (TPSA) is 43.4 Å². The molecule has 0 heterocycles. The maximum absolute atomic E-state index is 12.0. The molecule has 0 N–H and O–H groups in total. The third kappa shape index (κ3) is 8.21. The van der Waals surface area contributed by atoms with Gasteiger partial charge in [-0.15, -0.1) is 0 Å². The molecule has 1 atom stereocenters. The van der Waals surface area contributed by atoms with Crippen LogP contribution in [0.3, 0.4) is 0 Å². The lowest BCUT2D eigenvalue weighted by Gasteiger charge is -2.14. The van der Waals surface area contributed by atoms with E-state index >= 15 is 0 Å². The molecule has 3 nitrogen and oxygen atoms in total. The average Bonchev–Trinajstić information content (AvgIpc) is 2.55. The van der Waals surface area contributed by atoms with Gasteiger partial charge in [-0.1, -0.05) is 74.7 Å². The summed E-state index contributed by atoms with van der Waals surface area (Å²) in [6, 6.07) is 7.48. The van der Waals surface area contributed by atoms with Gasteiger partial charge in [0.1, 0.15) is 0 Å². The van der Waals surface area contributed by atoms with Gasteiger partial charge in [0.2, 0.25) is 5.12 Å². The standard InChI is InChI=1S/C19H28O3S/c1-4-6-7-16(5-2)14-22-18(20)12-13-23-19(21)17-10-8-15(3)9-11-17/h8-11,16H,4-7,12-14H2,1-3H3.